The number of nitrogens with zero attached hydrogens (tertiary/aromatic N) is 6. The molecule has 2 aliphatic rings. The number of hydrogen-bond donors (Lipinski definition) is 0. The van der Waals surface area contributed by atoms with Crippen LogP contribution in [0.3, 0.4) is 0 Å². The summed E-state index contributed by atoms with van der Waals surface area (Å²) in [5, 5.41) is 0. The zero-order valence-corrected chi connectivity index (χ0v) is 18.8. The van der Waals surface area contributed by atoms with E-state index in [9.17, 15) is 0 Å². The molecule has 4 heterocycles. The van der Waals surface area contributed by atoms with Crippen molar-refractivity contribution in [1.29, 1.82) is 0 Å². The van der Waals surface area contributed by atoms with Gasteiger partial charge in [-0.05, 0) is 70.5 Å². The number of likely N-dealkylation sites (tertiary alicyclic amines) is 1. The van der Waals surface area contributed by atoms with Crippen molar-refractivity contribution in [2.45, 2.75) is 52.0 Å². The second-order valence-corrected chi connectivity index (χ2v) is 9.12. The molecule has 30 heavy (non-hydrogen) atoms. The lowest BCUT2D eigenvalue weighted by molar-refractivity contribution is 0.176. The lowest BCUT2D eigenvalue weighted by Gasteiger charge is -2.33. The summed E-state index contributed by atoms with van der Waals surface area (Å²) in [5.74, 6) is 3.86. The highest BCUT2D eigenvalue weighted by atomic mass is 15.2. The van der Waals surface area contributed by atoms with E-state index < -0.39 is 0 Å². The molecule has 2 aliphatic heterocycles. The quantitative estimate of drug-likeness (QED) is 0.727. The van der Waals surface area contributed by atoms with Crippen LogP contribution in [0.5, 0.6) is 0 Å². The van der Waals surface area contributed by atoms with Gasteiger partial charge in [0, 0.05) is 57.3 Å². The summed E-state index contributed by atoms with van der Waals surface area (Å²) in [6.07, 6.45) is 9.34. The molecule has 0 aliphatic carbocycles. The Hall–Kier alpha value is -2.21. The van der Waals surface area contributed by atoms with Gasteiger partial charge < -0.3 is 9.80 Å². The van der Waals surface area contributed by atoms with Crippen LogP contribution < -0.4 is 9.80 Å². The van der Waals surface area contributed by atoms with Crippen LogP contribution in [0, 0.1) is 12.8 Å². The predicted molar refractivity (Wildman–Crippen MR) is 123 cm³/mol. The molecule has 2 saturated heterocycles. The maximum absolute atomic E-state index is 4.78. The van der Waals surface area contributed by atoms with Gasteiger partial charge in [-0.1, -0.05) is 6.07 Å². The average molecular weight is 409 g/mol. The van der Waals surface area contributed by atoms with E-state index in [0.717, 1.165) is 56.6 Å². The molecule has 2 fully saturated rings. The van der Waals surface area contributed by atoms with Gasteiger partial charge in [-0.3, -0.25) is 4.90 Å². The standard InChI is InChI=1S/C24H36N6/c1-19-26-22(17-23(27-19)30-12-5-4-6-13-30)16-20-9-14-29(15-10-20)18-21-8-7-11-25-24(21)28(2)3/h7-8,11,17,20H,4-6,9-10,12-16,18H2,1-3H3. The largest absolute Gasteiger partial charge is 0.362 e. The first kappa shape index (κ1) is 21.0. The Bertz CT molecular complexity index is 822. The Labute approximate surface area is 181 Å². The summed E-state index contributed by atoms with van der Waals surface area (Å²) in [7, 11) is 4.14. The van der Waals surface area contributed by atoms with Crippen LogP contribution in [0.25, 0.3) is 0 Å². The molecule has 0 spiro atoms. The van der Waals surface area contributed by atoms with Crippen LogP contribution in [0.1, 0.15) is 49.2 Å². The molecule has 0 amide bonds. The van der Waals surface area contributed by atoms with E-state index in [-0.39, 0.29) is 0 Å². The molecule has 2 aromatic rings. The van der Waals surface area contributed by atoms with Crippen LogP contribution >= 0.6 is 0 Å². The summed E-state index contributed by atoms with van der Waals surface area (Å²) in [5.41, 5.74) is 2.54. The van der Waals surface area contributed by atoms with Gasteiger partial charge in [0.05, 0.1) is 0 Å². The highest BCUT2D eigenvalue weighted by molar-refractivity contribution is 5.45. The summed E-state index contributed by atoms with van der Waals surface area (Å²) >= 11 is 0. The molecular weight excluding hydrogens is 372 g/mol. The van der Waals surface area contributed by atoms with Crippen molar-refractivity contribution in [2.24, 2.45) is 5.92 Å². The monoisotopic (exact) mass is 408 g/mol. The third-order valence-corrected chi connectivity index (χ3v) is 6.45. The van der Waals surface area contributed by atoms with E-state index in [0.29, 0.717) is 5.92 Å². The van der Waals surface area contributed by atoms with E-state index in [4.69, 9.17) is 9.97 Å². The molecule has 0 radical (unpaired) electrons. The van der Waals surface area contributed by atoms with Crippen LogP contribution in [0.15, 0.2) is 24.4 Å². The molecule has 0 saturated carbocycles. The van der Waals surface area contributed by atoms with Crippen molar-refractivity contribution in [3.05, 3.63) is 41.5 Å². The second-order valence-electron chi connectivity index (χ2n) is 9.12. The fourth-order valence-electron chi connectivity index (χ4n) is 4.84. The molecule has 0 N–H and O–H groups in total. The third-order valence-electron chi connectivity index (χ3n) is 6.45. The molecular formula is C24H36N6. The van der Waals surface area contributed by atoms with E-state index in [1.807, 2.05) is 19.2 Å². The SMILES string of the molecule is Cc1nc(CC2CCN(Cc3cccnc3N(C)C)CC2)cc(N2CCCCC2)n1. The minimum absolute atomic E-state index is 0.715. The first-order valence-electron chi connectivity index (χ1n) is 11.5. The Morgan fingerprint density at radius 2 is 1.80 bits per heavy atom. The van der Waals surface area contributed by atoms with Crippen molar-refractivity contribution in [1.82, 2.24) is 19.9 Å². The lowest BCUT2D eigenvalue weighted by Crippen LogP contribution is -2.34. The lowest BCUT2D eigenvalue weighted by atomic mass is 9.91. The topological polar surface area (TPSA) is 48.4 Å². The van der Waals surface area contributed by atoms with Crippen molar-refractivity contribution in [3.8, 4) is 0 Å². The molecule has 6 heteroatoms. The number of aromatic nitrogens is 3. The van der Waals surface area contributed by atoms with Crippen molar-refractivity contribution < 1.29 is 0 Å². The number of rotatable bonds is 6. The zero-order chi connectivity index (χ0) is 20.9. The Kier molecular flexibility index (Phi) is 6.82. The minimum atomic E-state index is 0.715. The Balaban J connectivity index is 1.33. The Morgan fingerprint density at radius 1 is 1.03 bits per heavy atom. The molecule has 162 valence electrons. The number of pyridine rings is 1. The van der Waals surface area contributed by atoms with Gasteiger partial charge in [0.1, 0.15) is 17.5 Å². The zero-order valence-electron chi connectivity index (χ0n) is 18.8. The fraction of sp³-hybridized carbons (Fsp3) is 0.625. The summed E-state index contributed by atoms with van der Waals surface area (Å²) in [6, 6.07) is 6.51. The van der Waals surface area contributed by atoms with Gasteiger partial charge >= 0.3 is 0 Å². The first-order chi connectivity index (χ1) is 14.6. The molecule has 6 nitrogen and oxygen atoms in total. The fourth-order valence-corrected chi connectivity index (χ4v) is 4.84. The van der Waals surface area contributed by atoms with Crippen LogP contribution in [0.2, 0.25) is 0 Å². The maximum Gasteiger partial charge on any atom is 0.132 e. The normalized spacial score (nSPS) is 18.6. The van der Waals surface area contributed by atoms with Crippen LogP contribution in [-0.4, -0.2) is 60.1 Å². The van der Waals surface area contributed by atoms with E-state index >= 15 is 0 Å². The van der Waals surface area contributed by atoms with Gasteiger partial charge in [0.2, 0.25) is 0 Å². The molecule has 2 aromatic heterocycles. The average Bonchev–Trinajstić information content (AvgIpc) is 2.75. The van der Waals surface area contributed by atoms with Gasteiger partial charge in [-0.15, -0.1) is 0 Å². The smallest absolute Gasteiger partial charge is 0.132 e. The molecule has 0 bridgehead atoms. The molecule has 0 aromatic carbocycles. The number of anilines is 2. The summed E-state index contributed by atoms with van der Waals surface area (Å²) in [6.45, 7) is 7.59. The highest BCUT2D eigenvalue weighted by Gasteiger charge is 2.22. The first-order valence-corrected chi connectivity index (χ1v) is 11.5. The van der Waals surface area contributed by atoms with Gasteiger partial charge in [-0.2, -0.15) is 0 Å². The third kappa shape index (κ3) is 5.28. The van der Waals surface area contributed by atoms with Gasteiger partial charge in [-0.25, -0.2) is 15.0 Å². The van der Waals surface area contributed by atoms with E-state index in [2.05, 4.69) is 45.9 Å². The Morgan fingerprint density at radius 3 is 2.53 bits per heavy atom. The van der Waals surface area contributed by atoms with Crippen LogP contribution in [-0.2, 0) is 13.0 Å². The van der Waals surface area contributed by atoms with E-state index in [1.54, 1.807) is 0 Å². The predicted octanol–water partition coefficient (Wildman–Crippen LogP) is 3.69. The number of aryl methyl sites for hydroxylation is 1. The van der Waals surface area contributed by atoms with Crippen molar-refractivity contribution >= 4 is 11.6 Å². The summed E-state index contributed by atoms with van der Waals surface area (Å²) in [4.78, 5) is 21.2. The van der Waals surface area contributed by atoms with Gasteiger partial charge in [0.15, 0.2) is 0 Å². The molecule has 0 atom stereocenters. The summed E-state index contributed by atoms with van der Waals surface area (Å²) < 4.78 is 0. The number of piperidine rings is 2. The maximum atomic E-state index is 4.78. The molecule has 0 unspecified atom stereocenters. The van der Waals surface area contributed by atoms with Crippen molar-refractivity contribution in [3.63, 3.8) is 0 Å². The van der Waals surface area contributed by atoms with Crippen LogP contribution in [0.4, 0.5) is 11.6 Å². The van der Waals surface area contributed by atoms with Gasteiger partial charge in [0.25, 0.3) is 0 Å². The minimum Gasteiger partial charge on any atom is -0.362 e. The second kappa shape index (κ2) is 9.73. The number of hydrogen-bond acceptors (Lipinski definition) is 6. The molecule has 4 rings (SSSR count). The van der Waals surface area contributed by atoms with E-state index in [1.165, 1.54) is 43.4 Å². The highest BCUT2D eigenvalue weighted by Crippen LogP contribution is 2.26. The van der Waals surface area contributed by atoms with Crippen molar-refractivity contribution in [2.75, 3.05) is 50.1 Å².